The second-order valence-corrected chi connectivity index (χ2v) is 8.87. The van der Waals surface area contributed by atoms with Gasteiger partial charge in [0.15, 0.2) is 11.5 Å². The molecule has 0 aliphatic carbocycles. The van der Waals surface area contributed by atoms with Crippen molar-refractivity contribution in [1.82, 2.24) is 4.31 Å². The molecule has 2 aromatic carbocycles. The van der Waals surface area contributed by atoms with Crippen LogP contribution in [-0.4, -0.2) is 31.8 Å². The lowest BCUT2D eigenvalue weighted by Gasteiger charge is -2.21. The predicted octanol–water partition coefficient (Wildman–Crippen LogP) is 4.17. The minimum atomic E-state index is -3.96. The van der Waals surface area contributed by atoms with Gasteiger partial charge < -0.3 is 13.9 Å². The van der Waals surface area contributed by atoms with Gasteiger partial charge in [0.05, 0.1) is 24.3 Å². The summed E-state index contributed by atoms with van der Waals surface area (Å²) in [7, 11) is -3.96. The molecule has 0 saturated heterocycles. The first-order valence-electron chi connectivity index (χ1n) is 9.92. The van der Waals surface area contributed by atoms with Crippen LogP contribution < -0.4 is 9.47 Å². The second kappa shape index (κ2) is 10.3. The number of furan rings is 1. The summed E-state index contributed by atoms with van der Waals surface area (Å²) in [6.45, 7) is 3.72. The molecule has 1 aromatic heterocycles. The van der Waals surface area contributed by atoms with Gasteiger partial charge in [-0.15, -0.1) is 0 Å². The molecule has 0 fully saturated rings. The van der Waals surface area contributed by atoms with Crippen LogP contribution in [0, 0.1) is 6.92 Å². The topological polar surface area (TPSA) is 86.1 Å². The van der Waals surface area contributed by atoms with Crippen LogP contribution in [0.5, 0.6) is 11.5 Å². The van der Waals surface area contributed by atoms with E-state index in [0.29, 0.717) is 18.1 Å². The van der Waals surface area contributed by atoms with Crippen LogP contribution in [0.1, 0.15) is 24.7 Å². The molecule has 3 rings (SSSR count). The molecule has 0 spiro atoms. The van der Waals surface area contributed by atoms with E-state index in [1.807, 2.05) is 13.8 Å². The molecule has 0 unspecified atom stereocenters. The Bertz CT molecular complexity index is 1090. The number of rotatable bonds is 10. The second-order valence-electron chi connectivity index (χ2n) is 6.93. The highest BCUT2D eigenvalue weighted by Crippen LogP contribution is 2.27. The summed E-state index contributed by atoms with van der Waals surface area (Å²) in [5.41, 5.74) is 0.930. The van der Waals surface area contributed by atoms with Gasteiger partial charge in [-0.3, -0.25) is 4.79 Å². The third-order valence-electron chi connectivity index (χ3n) is 4.41. The average molecular weight is 444 g/mol. The zero-order valence-electron chi connectivity index (χ0n) is 17.5. The molecule has 0 bridgehead atoms. The predicted molar refractivity (Wildman–Crippen MR) is 115 cm³/mol. The molecule has 31 heavy (non-hydrogen) atoms. The van der Waals surface area contributed by atoms with Crippen molar-refractivity contribution in [2.24, 2.45) is 0 Å². The zero-order valence-corrected chi connectivity index (χ0v) is 18.3. The van der Waals surface area contributed by atoms with E-state index < -0.39 is 22.5 Å². The van der Waals surface area contributed by atoms with E-state index in [1.54, 1.807) is 48.5 Å². The van der Waals surface area contributed by atoms with Gasteiger partial charge in [-0.05, 0) is 49.7 Å². The number of nitrogens with zero attached hydrogens (tertiary/aromatic N) is 1. The highest BCUT2D eigenvalue weighted by Gasteiger charge is 2.28. The fourth-order valence-electron chi connectivity index (χ4n) is 2.83. The molecule has 0 amide bonds. The molecule has 0 aliphatic heterocycles. The SMILES string of the molecule is CCCOc1ccccc1OC(=O)CN(Cc1ccco1)S(=O)(=O)c1ccc(C)cc1. The quantitative estimate of drug-likeness (QED) is 0.345. The number of hydrogen-bond donors (Lipinski definition) is 0. The number of hydrogen-bond acceptors (Lipinski definition) is 6. The van der Waals surface area contributed by atoms with Crippen molar-refractivity contribution in [3.05, 3.63) is 78.3 Å². The summed E-state index contributed by atoms with van der Waals surface area (Å²) < 4.78 is 43.8. The van der Waals surface area contributed by atoms with E-state index >= 15 is 0 Å². The van der Waals surface area contributed by atoms with Crippen LogP contribution >= 0.6 is 0 Å². The molecule has 7 nitrogen and oxygen atoms in total. The summed E-state index contributed by atoms with van der Waals surface area (Å²) in [5, 5.41) is 0. The number of esters is 1. The zero-order chi connectivity index (χ0) is 22.3. The number of carbonyl (C=O) groups is 1. The van der Waals surface area contributed by atoms with Crippen molar-refractivity contribution < 1.29 is 27.1 Å². The van der Waals surface area contributed by atoms with E-state index in [9.17, 15) is 13.2 Å². The van der Waals surface area contributed by atoms with Crippen LogP contribution in [0.25, 0.3) is 0 Å². The molecular weight excluding hydrogens is 418 g/mol. The number of para-hydroxylation sites is 2. The molecule has 164 valence electrons. The molecule has 0 atom stereocenters. The lowest BCUT2D eigenvalue weighted by Crippen LogP contribution is -2.36. The third-order valence-corrected chi connectivity index (χ3v) is 6.22. The van der Waals surface area contributed by atoms with Crippen LogP contribution in [0.15, 0.2) is 76.2 Å². The first-order valence-corrected chi connectivity index (χ1v) is 11.4. The number of carbonyl (C=O) groups excluding carboxylic acids is 1. The van der Waals surface area contributed by atoms with E-state index in [4.69, 9.17) is 13.9 Å². The minimum absolute atomic E-state index is 0.0872. The lowest BCUT2D eigenvalue weighted by atomic mass is 10.2. The van der Waals surface area contributed by atoms with Crippen LogP contribution in [0.4, 0.5) is 0 Å². The molecule has 3 aromatic rings. The molecule has 1 heterocycles. The first kappa shape index (κ1) is 22.6. The van der Waals surface area contributed by atoms with E-state index in [0.717, 1.165) is 16.3 Å². The molecule has 0 N–H and O–H groups in total. The van der Waals surface area contributed by atoms with Gasteiger partial charge in [0.2, 0.25) is 10.0 Å². The number of benzene rings is 2. The normalized spacial score (nSPS) is 11.5. The third kappa shape index (κ3) is 5.96. The summed E-state index contributed by atoms with van der Waals surface area (Å²) in [6, 6.07) is 16.5. The van der Waals surface area contributed by atoms with Crippen LogP contribution in [0.3, 0.4) is 0 Å². The Labute approximate surface area is 182 Å². The van der Waals surface area contributed by atoms with Crippen molar-refractivity contribution in [3.8, 4) is 11.5 Å². The fourth-order valence-corrected chi connectivity index (χ4v) is 4.18. The van der Waals surface area contributed by atoms with E-state index in [1.165, 1.54) is 18.4 Å². The summed E-state index contributed by atoms with van der Waals surface area (Å²) >= 11 is 0. The average Bonchev–Trinajstić information content (AvgIpc) is 3.26. The fraction of sp³-hybridized carbons (Fsp3) is 0.261. The van der Waals surface area contributed by atoms with Gasteiger partial charge in [0, 0.05) is 0 Å². The molecular formula is C23H25NO6S. The molecule has 8 heteroatoms. The van der Waals surface area contributed by atoms with Crippen molar-refractivity contribution in [3.63, 3.8) is 0 Å². The van der Waals surface area contributed by atoms with Crippen LogP contribution in [-0.2, 0) is 21.4 Å². The Balaban J connectivity index is 1.82. The Morgan fingerprint density at radius 2 is 1.71 bits per heavy atom. The standard InChI is InChI=1S/C23H25NO6S/c1-3-14-29-21-8-4-5-9-22(21)30-23(25)17-24(16-19-7-6-15-28-19)31(26,27)20-12-10-18(2)11-13-20/h4-13,15H,3,14,16-17H2,1-2H3. The maximum absolute atomic E-state index is 13.2. The summed E-state index contributed by atoms with van der Waals surface area (Å²) in [5.74, 6) is 0.355. The number of sulfonamides is 1. The van der Waals surface area contributed by atoms with Gasteiger partial charge in [0.1, 0.15) is 12.3 Å². The summed E-state index contributed by atoms with van der Waals surface area (Å²) in [4.78, 5) is 12.8. The first-order chi connectivity index (χ1) is 14.9. The van der Waals surface area contributed by atoms with Gasteiger partial charge in [-0.1, -0.05) is 36.8 Å². The van der Waals surface area contributed by atoms with Gasteiger partial charge in [0.25, 0.3) is 0 Å². The molecule has 0 aliphatic rings. The largest absolute Gasteiger partial charge is 0.490 e. The Hall–Kier alpha value is -3.10. The van der Waals surface area contributed by atoms with Gasteiger partial charge in [-0.2, -0.15) is 4.31 Å². The van der Waals surface area contributed by atoms with Crippen LogP contribution in [0.2, 0.25) is 0 Å². The Kier molecular flexibility index (Phi) is 7.49. The van der Waals surface area contributed by atoms with Crippen molar-refractivity contribution in [2.75, 3.05) is 13.2 Å². The van der Waals surface area contributed by atoms with E-state index in [-0.39, 0.29) is 17.2 Å². The maximum Gasteiger partial charge on any atom is 0.326 e. The monoisotopic (exact) mass is 443 g/mol. The Morgan fingerprint density at radius 1 is 1.00 bits per heavy atom. The Morgan fingerprint density at radius 3 is 2.35 bits per heavy atom. The van der Waals surface area contributed by atoms with E-state index in [2.05, 4.69) is 0 Å². The van der Waals surface area contributed by atoms with Gasteiger partial charge >= 0.3 is 5.97 Å². The highest BCUT2D eigenvalue weighted by molar-refractivity contribution is 7.89. The van der Waals surface area contributed by atoms with Crippen molar-refractivity contribution in [1.29, 1.82) is 0 Å². The number of ether oxygens (including phenoxy) is 2. The highest BCUT2D eigenvalue weighted by atomic mass is 32.2. The smallest absolute Gasteiger partial charge is 0.326 e. The summed E-state index contributed by atoms with van der Waals surface area (Å²) in [6.07, 6.45) is 2.25. The number of aryl methyl sites for hydroxylation is 1. The molecule has 0 saturated carbocycles. The molecule has 0 radical (unpaired) electrons. The maximum atomic E-state index is 13.2. The van der Waals surface area contributed by atoms with Crippen molar-refractivity contribution >= 4 is 16.0 Å². The minimum Gasteiger partial charge on any atom is -0.490 e. The van der Waals surface area contributed by atoms with Gasteiger partial charge in [-0.25, -0.2) is 8.42 Å². The van der Waals surface area contributed by atoms with Crippen molar-refractivity contribution in [2.45, 2.75) is 31.7 Å². The lowest BCUT2D eigenvalue weighted by molar-refractivity contribution is -0.134.